The molecule has 2 aromatic heterocycles. The molecule has 0 aliphatic rings. The number of anilines is 1. The Balaban J connectivity index is 1.70. The van der Waals surface area contributed by atoms with Gasteiger partial charge >= 0.3 is 5.97 Å². The molecule has 0 saturated carbocycles. The molecule has 0 saturated heterocycles. The molecule has 6 nitrogen and oxygen atoms in total. The van der Waals surface area contributed by atoms with Crippen LogP contribution in [0.4, 0.5) is 5.82 Å². The lowest BCUT2D eigenvalue weighted by atomic mass is 10.1. The smallest absolute Gasteiger partial charge is 0.337 e. The van der Waals surface area contributed by atoms with Gasteiger partial charge in [0.1, 0.15) is 11.5 Å². The van der Waals surface area contributed by atoms with Gasteiger partial charge in [-0.05, 0) is 35.9 Å². The molecule has 0 atom stereocenters. The molecule has 0 amide bonds. The summed E-state index contributed by atoms with van der Waals surface area (Å²) in [6.45, 7) is 0.604. The van der Waals surface area contributed by atoms with Gasteiger partial charge in [-0.3, -0.25) is 4.40 Å². The highest BCUT2D eigenvalue weighted by molar-refractivity contribution is 6.30. The Morgan fingerprint density at radius 2 is 1.89 bits per heavy atom. The van der Waals surface area contributed by atoms with E-state index in [-0.39, 0.29) is 5.97 Å². The van der Waals surface area contributed by atoms with Crippen molar-refractivity contribution in [3.8, 4) is 11.3 Å². The molecule has 0 bridgehead atoms. The Morgan fingerprint density at radius 3 is 2.61 bits per heavy atom. The van der Waals surface area contributed by atoms with Crippen LogP contribution in [-0.4, -0.2) is 27.4 Å². The first-order chi connectivity index (χ1) is 13.7. The first-order valence-electron chi connectivity index (χ1n) is 8.66. The first-order valence-corrected chi connectivity index (χ1v) is 9.03. The molecule has 140 valence electrons. The summed E-state index contributed by atoms with van der Waals surface area (Å²) in [5.41, 5.74) is 3.21. The number of halogens is 1. The van der Waals surface area contributed by atoms with Crippen LogP contribution in [0.25, 0.3) is 17.0 Å². The Kier molecular flexibility index (Phi) is 4.95. The maximum Gasteiger partial charge on any atom is 0.337 e. The highest BCUT2D eigenvalue weighted by Gasteiger charge is 2.15. The normalized spacial score (nSPS) is 10.8. The van der Waals surface area contributed by atoms with E-state index in [4.69, 9.17) is 16.3 Å². The Morgan fingerprint density at radius 1 is 1.14 bits per heavy atom. The Bertz CT molecular complexity index is 1120. The molecule has 7 heteroatoms. The number of rotatable bonds is 5. The third kappa shape index (κ3) is 3.54. The average Bonchev–Trinajstić information content (AvgIpc) is 3.11. The van der Waals surface area contributed by atoms with Crippen LogP contribution in [0.1, 0.15) is 15.9 Å². The molecule has 0 radical (unpaired) electrons. The predicted molar refractivity (Wildman–Crippen MR) is 109 cm³/mol. The van der Waals surface area contributed by atoms with Crippen molar-refractivity contribution in [2.24, 2.45) is 0 Å². The van der Waals surface area contributed by atoms with Crippen molar-refractivity contribution in [2.75, 3.05) is 12.4 Å². The molecular weight excluding hydrogens is 376 g/mol. The molecule has 1 N–H and O–H groups in total. The molecule has 2 aromatic carbocycles. The summed E-state index contributed by atoms with van der Waals surface area (Å²) >= 11 is 5.96. The summed E-state index contributed by atoms with van der Waals surface area (Å²) in [6, 6.07) is 16.7. The zero-order valence-electron chi connectivity index (χ0n) is 15.1. The van der Waals surface area contributed by atoms with E-state index in [0.717, 1.165) is 22.6 Å². The van der Waals surface area contributed by atoms with Crippen LogP contribution in [0.15, 0.2) is 67.0 Å². The lowest BCUT2D eigenvalue weighted by molar-refractivity contribution is 0.0601. The number of methoxy groups -OCH3 is 1. The molecule has 0 aliphatic heterocycles. The highest BCUT2D eigenvalue weighted by Crippen LogP contribution is 2.29. The standard InChI is InChI=1S/C21H17ClN4O2/c1-28-20(27)16-7-5-15(6-8-16)18-19(26-12-2-11-23-21(26)25-18)24-13-14-3-9-17(22)10-4-14/h2-12,24H,13H2,1H3. The second-order valence-electron chi connectivity index (χ2n) is 6.15. The van der Waals surface area contributed by atoms with E-state index in [1.54, 1.807) is 18.3 Å². The highest BCUT2D eigenvalue weighted by atomic mass is 35.5. The topological polar surface area (TPSA) is 68.5 Å². The second-order valence-corrected chi connectivity index (χ2v) is 6.58. The zero-order chi connectivity index (χ0) is 19.5. The molecule has 0 unspecified atom stereocenters. The number of nitrogens with zero attached hydrogens (tertiary/aromatic N) is 3. The fraction of sp³-hybridized carbons (Fsp3) is 0.0952. The molecule has 28 heavy (non-hydrogen) atoms. The van der Waals surface area contributed by atoms with Gasteiger partial charge in [0.15, 0.2) is 0 Å². The van der Waals surface area contributed by atoms with E-state index >= 15 is 0 Å². The van der Waals surface area contributed by atoms with Gasteiger partial charge in [-0.2, -0.15) is 0 Å². The van der Waals surface area contributed by atoms with Gasteiger partial charge in [-0.25, -0.2) is 14.8 Å². The van der Waals surface area contributed by atoms with Gasteiger partial charge in [0.05, 0.1) is 12.7 Å². The molecule has 2 heterocycles. The summed E-state index contributed by atoms with van der Waals surface area (Å²) in [5.74, 6) is 1.04. The van der Waals surface area contributed by atoms with Crippen molar-refractivity contribution < 1.29 is 9.53 Å². The average molecular weight is 393 g/mol. The molecule has 0 spiro atoms. The number of nitrogens with one attached hydrogen (secondary N) is 1. The van der Waals surface area contributed by atoms with Gasteiger partial charge in [0.25, 0.3) is 0 Å². The van der Waals surface area contributed by atoms with Crippen molar-refractivity contribution in [1.29, 1.82) is 0 Å². The van der Waals surface area contributed by atoms with Crippen LogP contribution in [0.5, 0.6) is 0 Å². The van der Waals surface area contributed by atoms with Crippen molar-refractivity contribution in [3.63, 3.8) is 0 Å². The van der Waals surface area contributed by atoms with Crippen LogP contribution < -0.4 is 5.32 Å². The van der Waals surface area contributed by atoms with Crippen LogP contribution in [-0.2, 0) is 11.3 Å². The summed E-state index contributed by atoms with van der Waals surface area (Å²) in [6.07, 6.45) is 3.61. The molecule has 4 rings (SSSR count). The second kappa shape index (κ2) is 7.70. The third-order valence-corrected chi connectivity index (χ3v) is 4.61. The van der Waals surface area contributed by atoms with E-state index < -0.39 is 0 Å². The van der Waals surface area contributed by atoms with E-state index in [0.29, 0.717) is 22.9 Å². The first kappa shape index (κ1) is 18.0. The molecule has 0 fully saturated rings. The van der Waals surface area contributed by atoms with Crippen molar-refractivity contribution >= 4 is 29.2 Å². The number of hydrogen-bond donors (Lipinski definition) is 1. The Labute approximate surface area is 166 Å². The maximum atomic E-state index is 11.7. The minimum atomic E-state index is -0.371. The minimum Gasteiger partial charge on any atom is -0.465 e. The number of esters is 1. The van der Waals surface area contributed by atoms with E-state index in [9.17, 15) is 4.79 Å². The zero-order valence-corrected chi connectivity index (χ0v) is 15.8. The van der Waals surface area contributed by atoms with E-state index in [1.807, 2.05) is 53.1 Å². The number of benzene rings is 2. The van der Waals surface area contributed by atoms with Crippen molar-refractivity contribution in [3.05, 3.63) is 83.1 Å². The van der Waals surface area contributed by atoms with Gasteiger partial charge < -0.3 is 10.1 Å². The van der Waals surface area contributed by atoms with E-state index in [2.05, 4.69) is 15.3 Å². The quantitative estimate of drug-likeness (QED) is 0.508. The number of carbonyl (C=O) groups is 1. The summed E-state index contributed by atoms with van der Waals surface area (Å²) < 4.78 is 6.66. The number of hydrogen-bond acceptors (Lipinski definition) is 5. The fourth-order valence-electron chi connectivity index (χ4n) is 2.93. The van der Waals surface area contributed by atoms with Crippen molar-refractivity contribution in [2.45, 2.75) is 6.54 Å². The summed E-state index contributed by atoms with van der Waals surface area (Å²) in [5, 5.41) is 4.15. The van der Waals surface area contributed by atoms with Gasteiger partial charge in [0.2, 0.25) is 5.78 Å². The number of carbonyl (C=O) groups excluding carboxylic acids is 1. The van der Waals surface area contributed by atoms with Gasteiger partial charge in [0, 0.05) is 29.5 Å². The maximum absolute atomic E-state index is 11.7. The third-order valence-electron chi connectivity index (χ3n) is 4.36. The number of fused-ring (bicyclic) bond motifs is 1. The van der Waals surface area contributed by atoms with Crippen LogP contribution in [0.3, 0.4) is 0 Å². The molecule has 4 aromatic rings. The SMILES string of the molecule is COC(=O)c1ccc(-c2nc3ncccn3c2NCc2ccc(Cl)cc2)cc1. The largest absolute Gasteiger partial charge is 0.465 e. The lowest BCUT2D eigenvalue weighted by Gasteiger charge is -2.09. The number of aromatic nitrogens is 3. The van der Waals surface area contributed by atoms with Crippen LogP contribution >= 0.6 is 11.6 Å². The van der Waals surface area contributed by atoms with Crippen LogP contribution in [0.2, 0.25) is 5.02 Å². The lowest BCUT2D eigenvalue weighted by Crippen LogP contribution is -2.04. The van der Waals surface area contributed by atoms with Gasteiger partial charge in [-0.1, -0.05) is 35.9 Å². The summed E-state index contributed by atoms with van der Waals surface area (Å²) in [7, 11) is 1.36. The summed E-state index contributed by atoms with van der Waals surface area (Å²) in [4.78, 5) is 20.7. The number of ether oxygens (including phenoxy) is 1. The minimum absolute atomic E-state index is 0.371. The van der Waals surface area contributed by atoms with Crippen molar-refractivity contribution in [1.82, 2.24) is 14.4 Å². The Hall–Kier alpha value is -3.38. The molecular formula is C21H17ClN4O2. The van der Waals surface area contributed by atoms with Gasteiger partial charge in [-0.15, -0.1) is 0 Å². The number of imidazole rings is 1. The monoisotopic (exact) mass is 392 g/mol. The fourth-order valence-corrected chi connectivity index (χ4v) is 3.05. The predicted octanol–water partition coefficient (Wildman–Crippen LogP) is 4.45. The van der Waals surface area contributed by atoms with E-state index in [1.165, 1.54) is 7.11 Å². The molecule has 0 aliphatic carbocycles. The van der Waals surface area contributed by atoms with Crippen LogP contribution in [0, 0.1) is 0 Å².